The number of nitrogens with zero attached hydrogens (tertiary/aromatic N) is 8. The number of methoxy groups -OCH3 is 1. The summed E-state index contributed by atoms with van der Waals surface area (Å²) in [5.74, 6) is 0.259. The van der Waals surface area contributed by atoms with E-state index in [0.717, 1.165) is 0 Å². The van der Waals surface area contributed by atoms with Crippen LogP contribution in [0.4, 0.5) is 11.6 Å². The lowest BCUT2D eigenvalue weighted by Crippen LogP contribution is -2.40. The molecule has 4 aromatic heterocycles. The molecule has 220 valence electrons. The first-order valence-corrected chi connectivity index (χ1v) is 13.6. The molecule has 41 heavy (non-hydrogen) atoms. The lowest BCUT2D eigenvalue weighted by Gasteiger charge is -2.23. The van der Waals surface area contributed by atoms with E-state index in [1.807, 2.05) is 0 Å². The average molecular weight is 595 g/mol. The number of hydrogen-bond donors (Lipinski definition) is 6. The first kappa shape index (κ1) is 27.7. The molecule has 0 radical (unpaired) electrons. The van der Waals surface area contributed by atoms with Crippen LogP contribution in [0.25, 0.3) is 22.3 Å². The fraction of sp³-hybridized carbons (Fsp3) is 0.500. The average Bonchev–Trinajstić information content (AvgIpc) is 3.70. The molecule has 2 aliphatic rings. The summed E-state index contributed by atoms with van der Waals surface area (Å²) in [7, 11) is -3.63. The highest BCUT2D eigenvalue weighted by molar-refractivity contribution is 7.47. The second-order valence-corrected chi connectivity index (χ2v) is 10.7. The lowest BCUT2D eigenvalue weighted by molar-refractivity contribution is -0.159. The summed E-state index contributed by atoms with van der Waals surface area (Å²) in [6.45, 7) is -0.601. The van der Waals surface area contributed by atoms with Crippen LogP contribution in [0.2, 0.25) is 0 Å². The number of aromatic nitrogens is 8. The van der Waals surface area contributed by atoms with Gasteiger partial charge in [0.2, 0.25) is 0 Å². The number of ether oxygens (including phenoxy) is 3. The molecule has 0 bridgehead atoms. The van der Waals surface area contributed by atoms with E-state index in [1.165, 1.54) is 41.6 Å². The zero-order valence-corrected chi connectivity index (χ0v) is 22.1. The number of aliphatic hydroxyl groups is 2. The summed E-state index contributed by atoms with van der Waals surface area (Å²) < 4.78 is 42.9. The summed E-state index contributed by atoms with van der Waals surface area (Å²) in [5, 5.41) is 21.6. The molecular weight excluding hydrogens is 569 g/mol. The smallest absolute Gasteiger partial charge is 0.389 e. The highest BCUT2D eigenvalue weighted by Gasteiger charge is 2.50. The van der Waals surface area contributed by atoms with Gasteiger partial charge in [-0.3, -0.25) is 18.2 Å². The number of fused-ring (bicyclic) bond motifs is 2. The Kier molecular flexibility index (Phi) is 7.06. The van der Waals surface area contributed by atoms with E-state index in [1.54, 1.807) is 0 Å². The SMILES string of the molecule is CO[C@H]1O[C@@H](n2cnc3c(N)ncnc32)C(O)C1OP(=O)(O)OC[C@H]1O[C@@H](n2cnc3c(N)ncnc32)C(N)C1O. The highest BCUT2D eigenvalue weighted by atomic mass is 31.2. The molecule has 0 aliphatic carbocycles. The van der Waals surface area contributed by atoms with Crippen LogP contribution in [0.5, 0.6) is 0 Å². The Bertz CT molecular complexity index is 1620. The summed E-state index contributed by atoms with van der Waals surface area (Å²) in [4.78, 5) is 34.7. The maximum Gasteiger partial charge on any atom is 0.472 e. The maximum atomic E-state index is 12.9. The van der Waals surface area contributed by atoms with Crippen LogP contribution in [0.15, 0.2) is 25.3 Å². The number of phosphoric ester groups is 1. The first-order valence-electron chi connectivity index (χ1n) is 12.1. The lowest BCUT2D eigenvalue weighted by atomic mass is 10.1. The van der Waals surface area contributed by atoms with Crippen molar-refractivity contribution < 1.29 is 42.9 Å². The molecule has 6 rings (SSSR count). The van der Waals surface area contributed by atoms with E-state index in [9.17, 15) is 19.7 Å². The van der Waals surface area contributed by atoms with Crippen molar-refractivity contribution in [3.8, 4) is 0 Å². The van der Waals surface area contributed by atoms with E-state index < -0.39 is 63.6 Å². The second kappa shape index (κ2) is 10.4. The summed E-state index contributed by atoms with van der Waals surface area (Å²) in [6.07, 6.45) is -3.74. The molecule has 5 unspecified atom stereocenters. The van der Waals surface area contributed by atoms with Crippen molar-refractivity contribution >= 4 is 41.8 Å². The summed E-state index contributed by atoms with van der Waals surface area (Å²) >= 11 is 0. The van der Waals surface area contributed by atoms with E-state index in [0.29, 0.717) is 11.2 Å². The van der Waals surface area contributed by atoms with Crippen LogP contribution < -0.4 is 17.2 Å². The highest BCUT2D eigenvalue weighted by Crippen LogP contribution is 2.49. The van der Waals surface area contributed by atoms with Crippen molar-refractivity contribution in [3.05, 3.63) is 25.3 Å². The largest absolute Gasteiger partial charge is 0.472 e. The zero-order valence-electron chi connectivity index (χ0n) is 21.2. The Morgan fingerprint density at radius 3 is 2.10 bits per heavy atom. The van der Waals surface area contributed by atoms with Gasteiger partial charge in [0.15, 0.2) is 47.8 Å². The number of imidazole rings is 2. The minimum atomic E-state index is -4.89. The van der Waals surface area contributed by atoms with E-state index >= 15 is 0 Å². The number of aliphatic hydroxyl groups excluding tert-OH is 2. The van der Waals surface area contributed by atoms with Gasteiger partial charge in [-0.1, -0.05) is 0 Å². The molecule has 0 amide bonds. The van der Waals surface area contributed by atoms with E-state index in [2.05, 4.69) is 29.9 Å². The molecular formula is C20H26N11O9P. The molecule has 9 N–H and O–H groups in total. The monoisotopic (exact) mass is 595 g/mol. The van der Waals surface area contributed by atoms with Crippen LogP contribution in [-0.2, 0) is 27.8 Å². The fourth-order valence-corrected chi connectivity index (χ4v) is 5.70. The molecule has 4 aromatic rings. The van der Waals surface area contributed by atoms with Gasteiger partial charge in [-0.15, -0.1) is 0 Å². The fourth-order valence-electron chi connectivity index (χ4n) is 4.77. The van der Waals surface area contributed by atoms with Crippen LogP contribution >= 0.6 is 7.82 Å². The number of phosphoric acid groups is 1. The van der Waals surface area contributed by atoms with Gasteiger partial charge in [-0.25, -0.2) is 34.5 Å². The number of anilines is 2. The molecule has 21 heteroatoms. The number of nitrogens with two attached hydrogens (primary N) is 3. The van der Waals surface area contributed by atoms with Gasteiger partial charge >= 0.3 is 7.82 Å². The molecule has 6 heterocycles. The van der Waals surface area contributed by atoms with Crippen molar-refractivity contribution in [2.24, 2.45) is 5.73 Å². The van der Waals surface area contributed by atoms with Crippen LogP contribution in [-0.4, -0.2) is 105 Å². The molecule has 20 nitrogen and oxygen atoms in total. The van der Waals surface area contributed by atoms with Crippen molar-refractivity contribution in [2.75, 3.05) is 25.2 Å². The Hall–Kier alpha value is -3.43. The number of hydrogen-bond acceptors (Lipinski definition) is 17. The van der Waals surface area contributed by atoms with Crippen molar-refractivity contribution in [1.82, 2.24) is 39.0 Å². The van der Waals surface area contributed by atoms with E-state index in [-0.39, 0.29) is 22.8 Å². The third kappa shape index (κ3) is 4.78. The third-order valence-corrected chi connectivity index (χ3v) is 7.79. The van der Waals surface area contributed by atoms with Crippen molar-refractivity contribution in [3.63, 3.8) is 0 Å². The summed E-state index contributed by atoms with van der Waals surface area (Å²) in [5.41, 5.74) is 19.0. The third-order valence-electron chi connectivity index (χ3n) is 6.80. The van der Waals surface area contributed by atoms with Gasteiger partial charge in [-0.05, 0) is 0 Å². The van der Waals surface area contributed by atoms with Gasteiger partial charge < -0.3 is 46.5 Å². The molecule has 0 aromatic carbocycles. The molecule has 9 atom stereocenters. The van der Waals surface area contributed by atoms with E-state index in [4.69, 9.17) is 40.5 Å². The molecule has 2 saturated heterocycles. The molecule has 0 spiro atoms. The first-order chi connectivity index (χ1) is 19.6. The predicted molar refractivity (Wildman–Crippen MR) is 135 cm³/mol. The second-order valence-electron chi connectivity index (χ2n) is 9.25. The van der Waals surface area contributed by atoms with Crippen molar-refractivity contribution in [1.29, 1.82) is 0 Å². The van der Waals surface area contributed by atoms with Gasteiger partial charge in [-0.2, -0.15) is 0 Å². The number of rotatable bonds is 8. The number of nitrogen functional groups attached to an aromatic ring is 2. The standard InChI is InChI=1S/C20H26N11O9P/c1-36-20-13(12(33)19(39-20)31-6-29-10-15(23)25-4-27-17(10)31)40-41(34,35)37-2-7-11(32)8(21)18(38-7)30-5-28-9-14(22)24-3-26-16(9)30/h3-8,11-13,18-20,32-33H,2,21H2,1H3,(H,34,35)(H2,22,24,26)(H2,23,25,27)/t7-,8?,11?,12?,13?,18-,19-,20+/m1/s1. The Morgan fingerprint density at radius 1 is 0.927 bits per heavy atom. The van der Waals surface area contributed by atoms with Gasteiger partial charge in [0.25, 0.3) is 0 Å². The minimum absolute atomic E-state index is 0.113. The maximum absolute atomic E-state index is 12.9. The topological polar surface area (TPSA) is 289 Å². The van der Waals surface area contributed by atoms with Crippen LogP contribution in [0, 0.1) is 0 Å². The molecule has 2 aliphatic heterocycles. The Balaban J connectivity index is 1.14. The quantitative estimate of drug-likeness (QED) is 0.118. The molecule has 2 fully saturated rings. The van der Waals surface area contributed by atoms with Gasteiger partial charge in [0, 0.05) is 7.11 Å². The van der Waals surface area contributed by atoms with Gasteiger partial charge in [0.05, 0.1) is 25.3 Å². The van der Waals surface area contributed by atoms with Gasteiger partial charge in [0.1, 0.15) is 42.0 Å². The summed E-state index contributed by atoms with van der Waals surface area (Å²) in [6, 6.07) is -0.984. The molecule has 0 saturated carbocycles. The Morgan fingerprint density at radius 2 is 1.51 bits per heavy atom. The predicted octanol–water partition coefficient (Wildman–Crippen LogP) is -2.22. The van der Waals surface area contributed by atoms with Crippen LogP contribution in [0.1, 0.15) is 12.5 Å². The normalized spacial score (nSPS) is 31.7. The zero-order chi connectivity index (χ0) is 29.1. The van der Waals surface area contributed by atoms with Crippen molar-refractivity contribution in [2.45, 2.75) is 49.2 Å². The van der Waals surface area contributed by atoms with Crippen LogP contribution in [0.3, 0.4) is 0 Å². The Labute approximate surface area is 229 Å². The minimum Gasteiger partial charge on any atom is -0.389 e.